The first-order valence-corrected chi connectivity index (χ1v) is 12.7. The largest absolute Gasteiger partial charge is 0.462 e. The molecular weight excluding hydrogens is 508 g/mol. The number of esters is 4. The monoisotopic (exact) mass is 540 g/mol. The van der Waals surface area contributed by atoms with Crippen molar-refractivity contribution in [3.8, 4) is 0 Å². The number of aliphatic hydroxyl groups is 1. The van der Waals surface area contributed by atoms with Crippen LogP contribution in [0, 0.1) is 17.3 Å². The van der Waals surface area contributed by atoms with Crippen LogP contribution in [0.4, 0.5) is 0 Å². The number of hydrogen-bond donors (Lipinski definition) is 1. The van der Waals surface area contributed by atoms with Crippen LogP contribution in [0.25, 0.3) is 0 Å². The maximum Gasteiger partial charge on any atom is 0.312 e. The van der Waals surface area contributed by atoms with E-state index in [0.717, 1.165) is 0 Å². The van der Waals surface area contributed by atoms with E-state index in [0.29, 0.717) is 18.4 Å². The highest BCUT2D eigenvalue weighted by molar-refractivity contribution is 6.23. The average molecular weight is 541 g/mol. The van der Waals surface area contributed by atoms with E-state index >= 15 is 0 Å². The van der Waals surface area contributed by atoms with Gasteiger partial charge in [0.15, 0.2) is 11.7 Å². The van der Waals surface area contributed by atoms with Crippen LogP contribution >= 0.6 is 11.6 Å². The van der Waals surface area contributed by atoms with Gasteiger partial charge in [0, 0.05) is 26.7 Å². The van der Waals surface area contributed by atoms with Crippen molar-refractivity contribution < 1.29 is 48.0 Å². The molecule has 4 rings (SSSR count). The van der Waals surface area contributed by atoms with Gasteiger partial charge in [-0.15, -0.1) is 11.6 Å². The van der Waals surface area contributed by atoms with Crippen LogP contribution in [0.3, 0.4) is 0 Å². The van der Waals surface area contributed by atoms with Crippen LogP contribution in [0.5, 0.6) is 0 Å². The van der Waals surface area contributed by atoms with E-state index in [4.69, 9.17) is 35.3 Å². The summed E-state index contributed by atoms with van der Waals surface area (Å²) in [5, 5.41) is 10.8. The summed E-state index contributed by atoms with van der Waals surface area (Å²) in [4.78, 5) is 50.1. The summed E-state index contributed by atoms with van der Waals surface area (Å²) >= 11 is 6.78. The molecule has 1 aliphatic carbocycles. The van der Waals surface area contributed by atoms with Crippen molar-refractivity contribution in [2.45, 2.75) is 95.1 Å². The Morgan fingerprint density at radius 3 is 2.19 bits per heavy atom. The van der Waals surface area contributed by atoms with Gasteiger partial charge in [-0.25, -0.2) is 0 Å². The summed E-state index contributed by atoms with van der Waals surface area (Å²) in [5.41, 5.74) is -2.22. The lowest BCUT2D eigenvalue weighted by Gasteiger charge is -2.61. The number of hydrogen-bond acceptors (Lipinski definition) is 10. The van der Waals surface area contributed by atoms with Crippen molar-refractivity contribution in [1.29, 1.82) is 0 Å². The Hall–Kier alpha value is -2.43. The zero-order valence-corrected chi connectivity index (χ0v) is 22.3. The molecule has 0 amide bonds. The smallest absolute Gasteiger partial charge is 0.312 e. The van der Waals surface area contributed by atoms with Crippen molar-refractivity contribution in [3.63, 3.8) is 0 Å². The van der Waals surface area contributed by atoms with Gasteiger partial charge in [-0.1, -0.05) is 25.7 Å². The fourth-order valence-corrected chi connectivity index (χ4v) is 7.20. The van der Waals surface area contributed by atoms with Crippen molar-refractivity contribution in [2.75, 3.05) is 0 Å². The Kier molecular flexibility index (Phi) is 7.01. The second-order valence-corrected chi connectivity index (χ2v) is 11.1. The second-order valence-electron chi connectivity index (χ2n) is 10.6. The number of halogens is 1. The molecular formula is C26H33ClO10. The van der Waals surface area contributed by atoms with Gasteiger partial charge in [0.2, 0.25) is 0 Å². The highest BCUT2D eigenvalue weighted by Crippen LogP contribution is 2.60. The number of rotatable bonds is 3. The molecule has 11 atom stereocenters. The maximum atomic E-state index is 13.0. The molecule has 0 aromatic heterocycles. The first kappa shape index (κ1) is 27.6. The van der Waals surface area contributed by atoms with Gasteiger partial charge >= 0.3 is 23.9 Å². The third-order valence-electron chi connectivity index (χ3n) is 8.44. The van der Waals surface area contributed by atoms with E-state index in [1.807, 2.05) is 0 Å². The molecule has 0 unspecified atom stereocenters. The van der Waals surface area contributed by atoms with Gasteiger partial charge in [0.05, 0.1) is 16.7 Å². The van der Waals surface area contributed by atoms with Crippen LogP contribution in [-0.4, -0.2) is 76.6 Å². The number of carbonyl (C=O) groups is 4. The molecule has 4 aliphatic rings. The molecule has 3 saturated heterocycles. The topological polar surface area (TPSA) is 135 Å². The molecule has 1 N–H and O–H groups in total. The Labute approximate surface area is 220 Å². The molecule has 4 fully saturated rings. The minimum absolute atomic E-state index is 0.205. The first-order valence-electron chi connectivity index (χ1n) is 12.3. The maximum absolute atomic E-state index is 13.0. The summed E-state index contributed by atoms with van der Waals surface area (Å²) in [6, 6.07) is 0. The zero-order chi connectivity index (χ0) is 27.6. The van der Waals surface area contributed by atoms with E-state index in [-0.39, 0.29) is 5.57 Å². The molecule has 0 aromatic carbocycles. The Bertz CT molecular complexity index is 1060. The quantitative estimate of drug-likeness (QED) is 0.245. The predicted molar refractivity (Wildman–Crippen MR) is 128 cm³/mol. The summed E-state index contributed by atoms with van der Waals surface area (Å²) in [6.45, 7) is 15.2. The Morgan fingerprint density at radius 1 is 1.05 bits per heavy atom. The molecule has 2 bridgehead atoms. The highest BCUT2D eigenvalue weighted by Gasteiger charge is 2.75. The molecule has 1 saturated carbocycles. The molecule has 0 radical (unpaired) electrons. The fraction of sp³-hybridized carbons (Fsp3) is 0.692. The van der Waals surface area contributed by atoms with Crippen molar-refractivity contribution >= 4 is 35.5 Å². The van der Waals surface area contributed by atoms with Gasteiger partial charge in [0.1, 0.15) is 30.5 Å². The highest BCUT2D eigenvalue weighted by atomic mass is 35.5. The standard InChI is InChI=1S/C26H33ClO10/c1-10-8-9-16(33-13(4)28)25(7)17(10)21(34-14(5)29)26-12(3)24(32)36-22(26)18(27)11(2)20(37-26)19(31)23(25)35-15(6)30/h12,16-23,31H,1-2,8-9H2,3-7H3/t12-,16-,17+,18-,19+,20+,21-,22-,23-,25-,26+/m0/s1. The summed E-state index contributed by atoms with van der Waals surface area (Å²) in [5.74, 6) is -4.44. The number of aliphatic hydroxyl groups excluding tert-OH is 1. The first-order chi connectivity index (χ1) is 17.2. The van der Waals surface area contributed by atoms with Crippen LogP contribution in [0.15, 0.2) is 24.3 Å². The molecule has 11 heteroatoms. The lowest BCUT2D eigenvalue weighted by atomic mass is 9.53. The summed E-state index contributed by atoms with van der Waals surface area (Å²) < 4.78 is 29.6. The van der Waals surface area contributed by atoms with Crippen LogP contribution in [0.2, 0.25) is 0 Å². The lowest BCUT2D eigenvalue weighted by molar-refractivity contribution is -0.292. The van der Waals surface area contributed by atoms with E-state index in [1.165, 1.54) is 20.8 Å². The number of carbonyl (C=O) groups excluding carboxylic acids is 4. The zero-order valence-electron chi connectivity index (χ0n) is 21.5. The van der Waals surface area contributed by atoms with Crippen LogP contribution in [0.1, 0.15) is 47.5 Å². The normalized spacial score (nSPS) is 44.9. The Morgan fingerprint density at radius 2 is 1.62 bits per heavy atom. The molecule has 1 spiro atoms. The summed E-state index contributed by atoms with van der Waals surface area (Å²) in [7, 11) is 0. The number of ether oxygens (including phenoxy) is 5. The van der Waals surface area contributed by atoms with Gasteiger partial charge in [-0.2, -0.15) is 0 Å². The third-order valence-corrected chi connectivity index (χ3v) is 8.95. The van der Waals surface area contributed by atoms with E-state index in [2.05, 4.69) is 13.2 Å². The van der Waals surface area contributed by atoms with Crippen LogP contribution in [-0.2, 0) is 42.9 Å². The molecule has 3 heterocycles. The molecule has 10 nitrogen and oxygen atoms in total. The fourth-order valence-electron chi connectivity index (χ4n) is 6.83. The minimum atomic E-state index is -1.64. The van der Waals surface area contributed by atoms with E-state index < -0.39 is 88.7 Å². The number of alkyl halides is 1. The van der Waals surface area contributed by atoms with Gasteiger partial charge < -0.3 is 28.8 Å². The van der Waals surface area contributed by atoms with Crippen molar-refractivity contribution in [1.82, 2.24) is 0 Å². The van der Waals surface area contributed by atoms with E-state index in [1.54, 1.807) is 13.8 Å². The molecule has 3 aliphatic heterocycles. The van der Waals surface area contributed by atoms with Gasteiger partial charge in [-0.3, -0.25) is 19.2 Å². The Balaban J connectivity index is 2.06. The predicted octanol–water partition coefficient (Wildman–Crippen LogP) is 1.99. The summed E-state index contributed by atoms with van der Waals surface area (Å²) in [6.07, 6.45) is -6.61. The third kappa shape index (κ3) is 3.99. The molecule has 0 aromatic rings. The van der Waals surface area contributed by atoms with Crippen molar-refractivity contribution in [2.24, 2.45) is 17.3 Å². The van der Waals surface area contributed by atoms with Gasteiger partial charge in [0.25, 0.3) is 0 Å². The molecule has 204 valence electrons. The SMILES string of the molecule is C=C1CC[C@H](OC(C)=O)[C@@]2(C)[C@H]1[C@H](OC(C)=O)[C@@]13O[C@H](C(=C)[C@H](Cl)[C@@H]1OC(=O)[C@@H]3C)[C@@H](O)[C@@H]2OC(C)=O. The minimum Gasteiger partial charge on any atom is -0.462 e. The second kappa shape index (κ2) is 9.39. The average Bonchev–Trinajstić information content (AvgIpc) is 3.05. The van der Waals surface area contributed by atoms with E-state index in [9.17, 15) is 24.3 Å². The lowest BCUT2D eigenvalue weighted by Crippen LogP contribution is -2.75. The van der Waals surface area contributed by atoms with Gasteiger partial charge in [-0.05, 0) is 25.3 Å². The van der Waals surface area contributed by atoms with Crippen LogP contribution < -0.4 is 0 Å². The number of fused-ring (bicyclic) bond motifs is 2. The molecule has 37 heavy (non-hydrogen) atoms. The van der Waals surface area contributed by atoms with Crippen molar-refractivity contribution in [3.05, 3.63) is 24.3 Å².